The number of H-pyrrole nitrogens is 1. The molecule has 5 aromatic rings. The van der Waals surface area contributed by atoms with Crippen molar-refractivity contribution in [3.8, 4) is 11.5 Å². The Bertz CT molecular complexity index is 2770. The van der Waals surface area contributed by atoms with Gasteiger partial charge in [0.05, 0.1) is 31.7 Å². The average molecular weight is 1020 g/mol. The van der Waals surface area contributed by atoms with Crippen molar-refractivity contribution >= 4 is 49.0 Å². The number of hydrogen-bond acceptors (Lipinski definition) is 19. The van der Waals surface area contributed by atoms with Crippen LogP contribution in [0.1, 0.15) is 86.7 Å². The third-order valence-electron chi connectivity index (χ3n) is 11.5. The van der Waals surface area contributed by atoms with Crippen LogP contribution in [0, 0.1) is 0 Å². The molecule has 0 spiro atoms. The van der Waals surface area contributed by atoms with Crippen molar-refractivity contribution in [3.05, 3.63) is 105 Å². The van der Waals surface area contributed by atoms with Crippen LogP contribution in [0.15, 0.2) is 83.0 Å². The van der Waals surface area contributed by atoms with Gasteiger partial charge < -0.3 is 38.6 Å². The number of halogens is 2. The summed E-state index contributed by atoms with van der Waals surface area (Å²) in [6.45, 7) is -3.73. The molecule has 372 valence electrons. The third-order valence-corrected chi connectivity index (χ3v) is 16.1. The van der Waals surface area contributed by atoms with Crippen LogP contribution in [-0.2, 0) is 42.5 Å². The van der Waals surface area contributed by atoms with Gasteiger partial charge in [-0.1, -0.05) is 64.0 Å². The van der Waals surface area contributed by atoms with Crippen LogP contribution in [0.3, 0.4) is 0 Å². The number of rotatable bonds is 17. The molecule has 8 rings (SSSR count). The average Bonchev–Trinajstić information content (AvgIpc) is 3.99. The van der Waals surface area contributed by atoms with Crippen molar-refractivity contribution in [1.29, 1.82) is 0 Å². The zero-order valence-corrected chi connectivity index (χ0v) is 39.7. The van der Waals surface area contributed by atoms with Crippen molar-refractivity contribution in [1.82, 2.24) is 29.1 Å². The van der Waals surface area contributed by atoms with Crippen molar-refractivity contribution in [2.24, 2.45) is 0 Å². The molecule has 3 saturated heterocycles. The molecule has 0 saturated carbocycles. The molecule has 3 aliphatic rings. The predicted octanol–water partition coefficient (Wildman–Crippen LogP) is 6.50. The van der Waals surface area contributed by atoms with Crippen LogP contribution in [-0.4, -0.2) is 91.6 Å². The van der Waals surface area contributed by atoms with E-state index in [-0.39, 0.29) is 28.5 Å². The Kier molecular flexibility index (Phi) is 16.5. The van der Waals surface area contributed by atoms with E-state index in [0.29, 0.717) is 39.4 Å². The number of aromatic nitrogens is 6. The summed E-state index contributed by atoms with van der Waals surface area (Å²) in [6.07, 6.45) is -2.59. The first-order chi connectivity index (χ1) is 33.2. The minimum Gasteiger partial charge on any atom is -0.756 e. The molecule has 3 fully saturated rings. The molecular weight excluding hydrogens is 971 g/mol. The Labute approximate surface area is 397 Å². The Hall–Kier alpha value is -4.87. The number of fused-ring (bicyclic) bond motifs is 3. The van der Waals surface area contributed by atoms with E-state index >= 15 is 8.78 Å². The molecule has 69 heavy (non-hydrogen) atoms. The molecule has 3 aliphatic heterocycles. The lowest BCUT2D eigenvalue weighted by Gasteiger charge is -2.32. The lowest BCUT2D eigenvalue weighted by atomic mass is 10.1. The summed E-state index contributed by atoms with van der Waals surface area (Å²) in [5.74, 6) is 0.0808. The Morgan fingerprint density at radius 3 is 2.17 bits per heavy atom. The highest BCUT2D eigenvalue weighted by Crippen LogP contribution is 2.64. The number of carbonyl (C=O) groups is 1. The highest BCUT2D eigenvalue weighted by atomic mass is 32.7. The molecule has 0 amide bonds. The Morgan fingerprint density at radius 2 is 1.48 bits per heavy atom. The quantitative estimate of drug-likeness (QED) is 0.0435. The maximum atomic E-state index is 16.8. The number of nitrogens with one attached hydrogen (secondary N) is 1. The highest BCUT2D eigenvalue weighted by molar-refractivity contribution is 8.54. The summed E-state index contributed by atoms with van der Waals surface area (Å²) in [5, 5.41) is 0. The third kappa shape index (κ3) is 12.4. The number of phosphoric ester groups is 1. The molecule has 0 aliphatic carbocycles. The van der Waals surface area contributed by atoms with Gasteiger partial charge >= 0.3 is 18.5 Å². The van der Waals surface area contributed by atoms with Gasteiger partial charge in [0.15, 0.2) is 36.3 Å². The second-order valence-corrected chi connectivity index (χ2v) is 21.8. The maximum absolute atomic E-state index is 16.8. The number of nitrogens with two attached hydrogens (primary N) is 1. The van der Waals surface area contributed by atoms with Crippen molar-refractivity contribution in [2.45, 2.75) is 113 Å². The van der Waals surface area contributed by atoms with Gasteiger partial charge in [-0.2, -0.15) is 0 Å². The molecule has 2 aromatic carbocycles. The van der Waals surface area contributed by atoms with Crippen LogP contribution in [0.5, 0.6) is 11.5 Å². The van der Waals surface area contributed by atoms with Gasteiger partial charge in [-0.25, -0.2) is 37.9 Å². The van der Waals surface area contributed by atoms with Gasteiger partial charge in [0, 0.05) is 18.0 Å². The van der Waals surface area contributed by atoms with Crippen LogP contribution >= 0.6 is 26.0 Å². The zero-order chi connectivity index (χ0) is 48.7. The number of aromatic amines is 1. The van der Waals surface area contributed by atoms with E-state index in [0.717, 1.165) is 31.4 Å². The predicted molar refractivity (Wildman–Crippen MR) is 243 cm³/mol. The molecule has 3 aromatic heterocycles. The molecule has 3 N–H and O–H groups in total. The zero-order valence-electron chi connectivity index (χ0n) is 37.1. The lowest BCUT2D eigenvalue weighted by molar-refractivity contribution is -0.235. The number of anilines is 1. The van der Waals surface area contributed by atoms with E-state index in [1.807, 2.05) is 4.98 Å². The molecule has 0 radical (unpaired) electrons. The number of esters is 1. The highest BCUT2D eigenvalue weighted by Gasteiger charge is 2.54. The van der Waals surface area contributed by atoms with E-state index in [9.17, 15) is 28.4 Å². The van der Waals surface area contributed by atoms with Crippen LogP contribution in [0.25, 0.3) is 11.2 Å². The van der Waals surface area contributed by atoms with Gasteiger partial charge in [-0.15, -0.1) is 0 Å². The number of ether oxygens (including phenoxy) is 4. The monoisotopic (exact) mass is 1020 g/mol. The minimum absolute atomic E-state index is 0.0189. The summed E-state index contributed by atoms with van der Waals surface area (Å²) >= 11 is 0.595. The number of imidazole rings is 1. The smallest absolute Gasteiger partial charge is 0.389 e. The topological polar surface area (TPSA) is 273 Å². The lowest BCUT2D eigenvalue weighted by Crippen LogP contribution is -2.39. The Morgan fingerprint density at radius 1 is 0.841 bits per heavy atom. The maximum Gasteiger partial charge on any atom is 0.389 e. The number of nitrogens with zero attached hydrogens (tertiary/aromatic N) is 5. The first-order valence-electron chi connectivity index (χ1n) is 22.3. The minimum atomic E-state index is -5.50. The number of benzene rings is 2. The molecule has 10 atom stereocenters. The second kappa shape index (κ2) is 22.5. The largest absolute Gasteiger partial charge is 0.756 e. The van der Waals surface area contributed by atoms with E-state index in [4.69, 9.17) is 42.8 Å². The fourth-order valence-corrected chi connectivity index (χ4v) is 12.2. The summed E-state index contributed by atoms with van der Waals surface area (Å²) in [6, 6.07) is 13.7. The summed E-state index contributed by atoms with van der Waals surface area (Å²) in [5.41, 5.74) is 5.02. The van der Waals surface area contributed by atoms with Gasteiger partial charge in [-0.3, -0.25) is 32.5 Å². The number of hydrogen-bond donors (Lipinski definition) is 2. The first kappa shape index (κ1) is 50.5. The molecular formula is C43H50F2N7O14P2S-. The molecule has 2 unspecified atom stereocenters. The van der Waals surface area contributed by atoms with Crippen molar-refractivity contribution in [2.75, 3.05) is 25.6 Å². The van der Waals surface area contributed by atoms with Crippen molar-refractivity contribution < 1.29 is 64.6 Å². The molecule has 6 heterocycles. The van der Waals surface area contributed by atoms with Crippen LogP contribution in [0.2, 0.25) is 0 Å². The molecule has 0 bridgehead atoms. The van der Waals surface area contributed by atoms with E-state index in [1.54, 1.807) is 36.4 Å². The van der Waals surface area contributed by atoms with Gasteiger partial charge in [-0.05, 0) is 59.8 Å². The fourth-order valence-electron chi connectivity index (χ4n) is 7.88. The SMILES string of the molecule is CCCCCCCCCCOc1ccc(C(=O)Oc2ccc(CSP3(=O)OC[C@H]4O[C@@H](n5ccc(=O)[nH]c5=O)[C@H](F)[C@@H]4OP(=O)([O-])OC[C@H]4O[C@@H](n5cnc6c(N)ncnc65)[C@H](F)[C@@H]4O3)cc2)cc1. The van der Waals surface area contributed by atoms with Gasteiger partial charge in [0.1, 0.15) is 47.8 Å². The normalized spacial score (nSPS) is 28.3. The molecule has 26 heteroatoms. The number of phosphoric acid groups is 1. The standard InChI is InChI=1S/C43H51F2N7O14P2S/c1-2-3-4-5-6-7-8-9-20-59-28-16-12-27(13-17-28)42(54)62-29-14-10-26(11-15-29)23-69-68(58)61-22-31-36(33(44)40(63-31)51-19-18-32(53)50-43(51)55)65-67(56,57)60-21-30-37(66-68)34(45)41(64-30)52-25-49-35-38(46)47-24-48-39(35)52/h10-19,24-25,30-31,33-34,36-37,40-41H,2-9,20-23H2,1H3,(H,56,57)(H2,46,47,48)(H,50,53,55)/p-1/t30-,31-,33-,34-,36-,37-,40-,41-,68?/m1/s1. The van der Waals surface area contributed by atoms with Crippen LogP contribution in [0.4, 0.5) is 14.6 Å². The number of unbranched alkanes of at least 4 members (excludes halogenated alkanes) is 7. The van der Waals surface area contributed by atoms with E-state index < -0.39 is 94.3 Å². The second-order valence-electron chi connectivity index (χ2n) is 16.4. The van der Waals surface area contributed by atoms with Crippen LogP contribution < -0.4 is 31.3 Å². The van der Waals surface area contributed by atoms with Gasteiger partial charge in [0.2, 0.25) is 0 Å². The number of nitrogen functional groups attached to an aromatic ring is 1. The van der Waals surface area contributed by atoms with E-state index in [2.05, 4.69) is 21.9 Å². The summed E-state index contributed by atoms with van der Waals surface area (Å²) < 4.78 is 108. The summed E-state index contributed by atoms with van der Waals surface area (Å²) in [7, 11) is -5.50. The molecule has 21 nitrogen and oxygen atoms in total. The Balaban J connectivity index is 0.956. The van der Waals surface area contributed by atoms with Gasteiger partial charge in [0.25, 0.3) is 13.4 Å². The number of carbonyl (C=O) groups excluding carboxylic acids is 1. The van der Waals surface area contributed by atoms with Crippen molar-refractivity contribution in [3.63, 3.8) is 0 Å². The van der Waals surface area contributed by atoms with E-state index in [1.165, 1.54) is 61.6 Å². The first-order valence-corrected chi connectivity index (χ1v) is 26.9. The fraction of sp³-hybridized carbons (Fsp3) is 0.488. The number of alkyl halides is 2. The summed E-state index contributed by atoms with van der Waals surface area (Å²) in [4.78, 5) is 64.7.